The second kappa shape index (κ2) is 6.22. The van der Waals surface area contributed by atoms with Gasteiger partial charge in [0.15, 0.2) is 9.84 Å². The number of ether oxygens (including phenoxy) is 1. The maximum absolute atomic E-state index is 11.8. The van der Waals surface area contributed by atoms with Gasteiger partial charge in [-0.2, -0.15) is 0 Å². The summed E-state index contributed by atoms with van der Waals surface area (Å²) in [5.41, 5.74) is -0.645. The molecule has 1 aliphatic carbocycles. The Morgan fingerprint density at radius 1 is 1.32 bits per heavy atom. The minimum absolute atomic E-state index is 0.0623. The van der Waals surface area contributed by atoms with Crippen molar-refractivity contribution in [2.45, 2.75) is 50.8 Å². The largest absolute Gasteiger partial charge is 0.469 e. The molecule has 0 radical (unpaired) electrons. The molecule has 1 saturated carbocycles. The van der Waals surface area contributed by atoms with Crippen LogP contribution in [0.4, 0.5) is 0 Å². The van der Waals surface area contributed by atoms with E-state index in [9.17, 15) is 13.2 Å². The fraction of sp³-hybridized carbons (Fsp3) is 0.923. The molecule has 112 valence electrons. The second-order valence-corrected chi connectivity index (χ2v) is 8.28. The highest BCUT2D eigenvalue weighted by atomic mass is 32.2. The first-order valence-corrected chi connectivity index (χ1v) is 8.64. The first-order chi connectivity index (χ1) is 8.68. The van der Waals surface area contributed by atoms with E-state index in [2.05, 4.69) is 5.32 Å². The first kappa shape index (κ1) is 16.4. The summed E-state index contributed by atoms with van der Waals surface area (Å²) in [7, 11) is -1.68. The predicted octanol–water partition coefficient (Wildman–Crippen LogP) is 1.13. The number of rotatable bonds is 5. The Labute approximate surface area is 116 Å². The average Bonchev–Trinajstić information content (AvgIpc) is 2.34. The topological polar surface area (TPSA) is 72.5 Å². The highest BCUT2D eigenvalue weighted by Gasteiger charge is 2.35. The van der Waals surface area contributed by atoms with Crippen LogP contribution >= 0.6 is 0 Å². The van der Waals surface area contributed by atoms with Gasteiger partial charge < -0.3 is 10.1 Å². The molecule has 0 aliphatic heterocycles. The molecular formula is C13H25NO4S. The van der Waals surface area contributed by atoms with Gasteiger partial charge in [0.25, 0.3) is 0 Å². The minimum Gasteiger partial charge on any atom is -0.469 e. The fourth-order valence-corrected chi connectivity index (χ4v) is 4.00. The number of sulfone groups is 1. The van der Waals surface area contributed by atoms with Crippen LogP contribution in [0.2, 0.25) is 0 Å². The van der Waals surface area contributed by atoms with Crippen molar-refractivity contribution in [1.29, 1.82) is 0 Å². The maximum Gasteiger partial charge on any atom is 0.312 e. The quantitative estimate of drug-likeness (QED) is 0.769. The van der Waals surface area contributed by atoms with Crippen molar-refractivity contribution >= 4 is 15.8 Å². The Bertz CT molecular complexity index is 416. The van der Waals surface area contributed by atoms with Gasteiger partial charge >= 0.3 is 5.97 Å². The molecule has 0 heterocycles. The van der Waals surface area contributed by atoms with Crippen molar-refractivity contribution in [2.24, 2.45) is 5.41 Å². The van der Waals surface area contributed by atoms with Gasteiger partial charge in [-0.25, -0.2) is 8.42 Å². The minimum atomic E-state index is -3.05. The van der Waals surface area contributed by atoms with Crippen molar-refractivity contribution in [3.05, 3.63) is 0 Å². The Morgan fingerprint density at radius 3 is 2.42 bits per heavy atom. The smallest absolute Gasteiger partial charge is 0.312 e. The third-order valence-electron chi connectivity index (χ3n) is 3.80. The molecule has 0 unspecified atom stereocenters. The molecule has 6 heteroatoms. The zero-order chi connectivity index (χ0) is 14.7. The normalized spacial score (nSPS) is 25.1. The molecule has 2 atom stereocenters. The number of hydrogen-bond donors (Lipinski definition) is 1. The van der Waals surface area contributed by atoms with E-state index >= 15 is 0 Å². The van der Waals surface area contributed by atoms with E-state index in [0.717, 1.165) is 19.3 Å². The molecule has 0 aromatic carbocycles. The standard InChI is InChI=1S/C13H25NO4S/c1-13(2,12(15)18-3)9-14-10-7-5-6-8-11(10)19(4,16)17/h10-11,14H,5-9H2,1-4H3/t10-,11+/m0/s1. The van der Waals surface area contributed by atoms with Crippen LogP contribution in [0.25, 0.3) is 0 Å². The number of carbonyl (C=O) groups is 1. The molecular weight excluding hydrogens is 266 g/mol. The maximum atomic E-state index is 11.8. The van der Waals surface area contributed by atoms with Crippen molar-refractivity contribution < 1.29 is 17.9 Å². The lowest BCUT2D eigenvalue weighted by atomic mass is 9.90. The molecule has 0 amide bonds. The Morgan fingerprint density at radius 2 is 1.89 bits per heavy atom. The molecule has 1 aliphatic rings. The molecule has 5 nitrogen and oxygen atoms in total. The molecule has 1 rings (SSSR count). The summed E-state index contributed by atoms with van der Waals surface area (Å²) in [6, 6.07) is -0.0623. The third-order valence-corrected chi connectivity index (χ3v) is 5.46. The number of esters is 1. The Balaban J connectivity index is 2.67. The Hall–Kier alpha value is -0.620. The zero-order valence-corrected chi connectivity index (χ0v) is 13.0. The lowest BCUT2D eigenvalue weighted by molar-refractivity contribution is -0.150. The Kier molecular flexibility index (Phi) is 5.38. The van der Waals surface area contributed by atoms with Crippen LogP contribution in [0.3, 0.4) is 0 Å². The lowest BCUT2D eigenvalue weighted by Crippen LogP contribution is -2.50. The molecule has 0 aromatic rings. The van der Waals surface area contributed by atoms with E-state index in [4.69, 9.17) is 4.74 Å². The van der Waals surface area contributed by atoms with Gasteiger partial charge in [0.2, 0.25) is 0 Å². The van der Waals surface area contributed by atoms with Crippen LogP contribution in [0.5, 0.6) is 0 Å². The van der Waals surface area contributed by atoms with Gasteiger partial charge in [0, 0.05) is 18.8 Å². The first-order valence-electron chi connectivity index (χ1n) is 6.69. The highest BCUT2D eigenvalue weighted by molar-refractivity contribution is 7.91. The molecule has 0 bridgehead atoms. The summed E-state index contributed by atoms with van der Waals surface area (Å²) in [5.74, 6) is -0.285. The summed E-state index contributed by atoms with van der Waals surface area (Å²) < 4.78 is 28.3. The predicted molar refractivity (Wildman–Crippen MR) is 74.7 cm³/mol. The average molecular weight is 291 g/mol. The summed E-state index contributed by atoms with van der Waals surface area (Å²) in [5, 5.41) is 2.92. The summed E-state index contributed by atoms with van der Waals surface area (Å²) in [4.78, 5) is 11.6. The number of carbonyl (C=O) groups excluding carboxylic acids is 1. The monoisotopic (exact) mass is 291 g/mol. The number of nitrogens with one attached hydrogen (secondary N) is 1. The van der Waals surface area contributed by atoms with Crippen molar-refractivity contribution in [3.8, 4) is 0 Å². The lowest BCUT2D eigenvalue weighted by Gasteiger charge is -2.33. The summed E-state index contributed by atoms with van der Waals surface area (Å²) >= 11 is 0. The van der Waals surface area contributed by atoms with Gasteiger partial charge in [0.1, 0.15) is 0 Å². The molecule has 1 N–H and O–H groups in total. The van der Waals surface area contributed by atoms with Crippen LogP contribution in [-0.2, 0) is 19.4 Å². The molecule has 0 aromatic heterocycles. The number of methoxy groups -OCH3 is 1. The molecule has 0 spiro atoms. The van der Waals surface area contributed by atoms with E-state index in [-0.39, 0.29) is 17.3 Å². The summed E-state index contributed by atoms with van der Waals surface area (Å²) in [6.07, 6.45) is 4.83. The van der Waals surface area contributed by atoms with Gasteiger partial charge in [-0.3, -0.25) is 4.79 Å². The molecule has 19 heavy (non-hydrogen) atoms. The van der Waals surface area contributed by atoms with E-state index in [0.29, 0.717) is 13.0 Å². The molecule has 1 fully saturated rings. The van der Waals surface area contributed by atoms with Crippen LogP contribution in [-0.4, -0.2) is 45.6 Å². The van der Waals surface area contributed by atoms with E-state index in [1.54, 1.807) is 13.8 Å². The van der Waals surface area contributed by atoms with Gasteiger partial charge in [-0.15, -0.1) is 0 Å². The number of hydrogen-bond acceptors (Lipinski definition) is 5. The van der Waals surface area contributed by atoms with E-state index in [1.807, 2.05) is 0 Å². The van der Waals surface area contributed by atoms with Gasteiger partial charge in [-0.1, -0.05) is 12.8 Å². The SMILES string of the molecule is COC(=O)C(C)(C)CN[C@H]1CCCC[C@H]1S(C)(=O)=O. The van der Waals surface area contributed by atoms with Gasteiger partial charge in [0.05, 0.1) is 17.8 Å². The van der Waals surface area contributed by atoms with Gasteiger partial charge in [-0.05, 0) is 26.7 Å². The fourth-order valence-electron chi connectivity index (χ4n) is 2.58. The van der Waals surface area contributed by atoms with Crippen LogP contribution < -0.4 is 5.32 Å². The van der Waals surface area contributed by atoms with Crippen LogP contribution in [0.15, 0.2) is 0 Å². The summed E-state index contributed by atoms with van der Waals surface area (Å²) in [6.45, 7) is 4.02. The van der Waals surface area contributed by atoms with Crippen LogP contribution in [0.1, 0.15) is 39.5 Å². The second-order valence-electron chi connectivity index (χ2n) is 6.02. The highest BCUT2D eigenvalue weighted by Crippen LogP contribution is 2.25. The van der Waals surface area contributed by atoms with Crippen molar-refractivity contribution in [1.82, 2.24) is 5.32 Å². The molecule has 0 saturated heterocycles. The van der Waals surface area contributed by atoms with Crippen LogP contribution in [0, 0.1) is 5.41 Å². The van der Waals surface area contributed by atoms with E-state index < -0.39 is 15.3 Å². The van der Waals surface area contributed by atoms with Crippen molar-refractivity contribution in [2.75, 3.05) is 19.9 Å². The van der Waals surface area contributed by atoms with E-state index in [1.165, 1.54) is 13.4 Å². The third kappa shape index (κ3) is 4.45. The van der Waals surface area contributed by atoms with Crippen molar-refractivity contribution in [3.63, 3.8) is 0 Å². The zero-order valence-electron chi connectivity index (χ0n) is 12.2.